The topological polar surface area (TPSA) is 291 Å². The molecule has 11 fully saturated rings. The maximum absolute atomic E-state index is 15.0. The highest BCUT2D eigenvalue weighted by atomic mass is 19.2. The molecule has 2 atom stereocenters. The number of aliphatic hydroxyl groups excluding tert-OH is 3. The van der Waals surface area contributed by atoms with Gasteiger partial charge in [-0.15, -0.1) is 0 Å². The summed E-state index contributed by atoms with van der Waals surface area (Å²) in [6, 6.07) is 41.3. The predicted octanol–water partition coefficient (Wildman–Crippen LogP) is 15.8. The SMILES string of the molecule is COc1ccccc1C1CCN(c2nc(C3(F)CC3)nc3cnc(N(C)CCO)cc23)CC1.COc1ccccc1C1CCN(c2nc(C3(F)CC3)nc3cnc(N4CC[C@@H](O)C4)cc23)CC1.COc1ccccc1C1CCN(c2nc(C3(F)CC3)nc3cnc(N4CC[C@H](O)C4)cc23)CC1.COc1ccccc1C1CCN(c2nc(C3CC3)nc3cnc(N(C)CCN4CCOCC4)cc23)CC1. The number of halogens is 3. The van der Waals surface area contributed by atoms with Gasteiger partial charge in [-0.05, 0) is 210 Å². The van der Waals surface area contributed by atoms with Crippen LogP contribution in [0.15, 0.2) is 146 Å². The lowest BCUT2D eigenvalue weighted by Crippen LogP contribution is -2.40. The number of aliphatic hydroxyl groups is 3. The van der Waals surface area contributed by atoms with Crippen molar-refractivity contribution in [3.63, 3.8) is 0 Å². The third-order valence-corrected chi connectivity index (χ3v) is 30.0. The van der Waals surface area contributed by atoms with Crippen LogP contribution in [-0.4, -0.2) is 266 Å². The van der Waals surface area contributed by atoms with Crippen molar-refractivity contribution >= 4 is 90.2 Å². The Balaban J connectivity index is 0.000000114. The molecule has 0 bridgehead atoms. The molecule has 12 aromatic rings. The third-order valence-electron chi connectivity index (χ3n) is 30.0. The summed E-state index contributed by atoms with van der Waals surface area (Å²) in [6.45, 7) is 15.7. The molecular weight excluding hydrogens is 1750 g/mol. The minimum absolute atomic E-state index is 0.0410. The molecule has 23 rings (SSSR count). The summed E-state index contributed by atoms with van der Waals surface area (Å²) in [5, 5.41) is 33.0. The molecule has 15 heterocycles. The number of pyridine rings is 4. The van der Waals surface area contributed by atoms with Crippen LogP contribution >= 0.6 is 0 Å². The molecule has 7 aliphatic heterocycles. The molecular formula is C106H128F3N21O8. The van der Waals surface area contributed by atoms with Gasteiger partial charge in [-0.3, -0.25) is 4.90 Å². The maximum atomic E-state index is 15.0. The van der Waals surface area contributed by atoms with Crippen molar-refractivity contribution < 1.29 is 52.2 Å². The number of para-hydroxylation sites is 4. The Morgan fingerprint density at radius 2 is 0.674 bits per heavy atom. The number of benzene rings is 4. The molecule has 3 N–H and O–H groups in total. The van der Waals surface area contributed by atoms with Crippen molar-refractivity contribution in [2.45, 2.75) is 174 Å². The Kier molecular flexibility index (Phi) is 27.7. The summed E-state index contributed by atoms with van der Waals surface area (Å²) in [7, 11) is 10.9. The molecule has 29 nitrogen and oxygen atoms in total. The van der Waals surface area contributed by atoms with Crippen LogP contribution in [0.1, 0.15) is 191 Å². The maximum Gasteiger partial charge on any atom is 0.170 e. The number of fused-ring (bicyclic) bond motifs is 4. The van der Waals surface area contributed by atoms with Crippen molar-refractivity contribution in [1.29, 1.82) is 0 Å². The molecule has 726 valence electrons. The second-order valence-electron chi connectivity index (χ2n) is 39.2. The molecule has 0 radical (unpaired) electrons. The molecule has 11 aliphatic rings. The standard InChI is InChI=1S/C29H38N6O2.2C26H30FN5O2.C25H30FN5O2/c1-33(13-14-34-15-17-37-18-16-34)27-19-24-25(20-30-27)31-28(22-7-8-22)32-29(24)35-11-9-21(10-12-35)23-5-3-4-6-26(23)36-2;2*1-34-22-5-3-2-4-19(22)17-6-11-31(12-7-17)24-20-14-23(32-13-8-18(33)16-32)28-15-21(20)29-25(30-24)26(27)9-10-26;1-30(13-14-32)22-15-19-20(16-27-22)28-24(25(26)9-10-25)29-23(19)31-11-7-17(8-12-31)18-5-3-4-6-21(18)33-2/h3-6,19-22H,7-18H2,1-2H3;2*2-5,14-15,17-18,33H,6-13,16H2,1H3;3-6,15-17,32H,7-14H2,1-2H3/t;2*18-;/m.10./s1. The lowest BCUT2D eigenvalue weighted by molar-refractivity contribution is 0.0392. The van der Waals surface area contributed by atoms with Gasteiger partial charge in [-0.1, -0.05) is 72.8 Å². The second-order valence-corrected chi connectivity index (χ2v) is 39.2. The highest BCUT2D eigenvalue weighted by Gasteiger charge is 2.51. The van der Waals surface area contributed by atoms with Crippen LogP contribution in [0.2, 0.25) is 0 Å². The van der Waals surface area contributed by atoms with Gasteiger partial charge in [0.25, 0.3) is 0 Å². The summed E-state index contributed by atoms with van der Waals surface area (Å²) in [6.07, 6.45) is 21.1. The zero-order chi connectivity index (χ0) is 94.8. The number of piperidine rings is 4. The first kappa shape index (κ1) is 93.7. The van der Waals surface area contributed by atoms with Crippen molar-refractivity contribution in [1.82, 2.24) is 64.7 Å². The van der Waals surface area contributed by atoms with E-state index in [-0.39, 0.29) is 36.3 Å². The first-order valence-corrected chi connectivity index (χ1v) is 49.8. The van der Waals surface area contributed by atoms with Gasteiger partial charge in [0.1, 0.15) is 75.4 Å². The molecule has 138 heavy (non-hydrogen) atoms. The fraction of sp³-hybridized carbons (Fsp3) is 0.509. The number of β-amino-alcohol motifs (C(OH)–C–C–N with tert-alkyl or cyclic N) is 2. The monoisotopic (exact) mass is 1880 g/mol. The lowest BCUT2D eigenvalue weighted by atomic mass is 9.88. The molecule has 0 spiro atoms. The van der Waals surface area contributed by atoms with E-state index in [9.17, 15) is 19.7 Å². The number of hydrogen-bond donors (Lipinski definition) is 3. The van der Waals surface area contributed by atoms with Crippen LogP contribution in [-0.2, 0) is 21.7 Å². The summed E-state index contributed by atoms with van der Waals surface area (Å²) < 4.78 is 72.9. The van der Waals surface area contributed by atoms with Crippen LogP contribution in [0, 0.1) is 0 Å². The number of methoxy groups -OCH3 is 4. The van der Waals surface area contributed by atoms with Crippen molar-refractivity contribution in [3.8, 4) is 23.0 Å². The van der Waals surface area contributed by atoms with Gasteiger partial charge < -0.3 is 78.2 Å². The number of ether oxygens (including phenoxy) is 5. The number of rotatable bonds is 25. The Morgan fingerprint density at radius 3 is 0.993 bits per heavy atom. The average Bonchev–Trinajstić information content (AvgIpc) is 1.61. The van der Waals surface area contributed by atoms with Crippen LogP contribution in [0.3, 0.4) is 0 Å². The Hall–Kier alpha value is -12.0. The second kappa shape index (κ2) is 40.8. The van der Waals surface area contributed by atoms with E-state index in [1.165, 1.54) is 35.1 Å². The number of likely N-dealkylation sites (N-methyl/N-ethyl adjacent to an activating group) is 2. The van der Waals surface area contributed by atoms with Crippen molar-refractivity contribution in [3.05, 3.63) is 192 Å². The zero-order valence-electron chi connectivity index (χ0n) is 80.2. The number of alkyl halides is 3. The first-order chi connectivity index (χ1) is 67.3. The number of nitrogens with zero attached hydrogens (tertiary/aromatic N) is 21. The van der Waals surface area contributed by atoms with Gasteiger partial charge in [0, 0.05) is 153 Å². The van der Waals surface area contributed by atoms with Gasteiger partial charge in [-0.2, -0.15) is 0 Å². The number of anilines is 8. The Morgan fingerprint density at radius 1 is 0.362 bits per heavy atom. The van der Waals surface area contributed by atoms with E-state index in [0.717, 1.165) is 271 Å². The number of hydrogen-bond acceptors (Lipinski definition) is 29. The fourth-order valence-electron chi connectivity index (χ4n) is 20.9. The fourth-order valence-corrected chi connectivity index (χ4v) is 20.9. The normalized spacial score (nSPS) is 20.5. The third kappa shape index (κ3) is 20.6. The van der Waals surface area contributed by atoms with Crippen LogP contribution in [0.5, 0.6) is 23.0 Å². The molecule has 8 aromatic heterocycles. The van der Waals surface area contributed by atoms with Gasteiger partial charge in [0.2, 0.25) is 0 Å². The summed E-state index contributed by atoms with van der Waals surface area (Å²) in [5.74, 6) is 14.7. The van der Waals surface area contributed by atoms with Crippen molar-refractivity contribution in [2.75, 3.05) is 213 Å². The van der Waals surface area contributed by atoms with Crippen LogP contribution < -0.4 is 58.1 Å². The highest BCUT2D eigenvalue weighted by molar-refractivity contribution is 5.94. The summed E-state index contributed by atoms with van der Waals surface area (Å²) in [5.41, 5.74) is 3.82. The van der Waals surface area contributed by atoms with E-state index in [1.807, 2.05) is 78.8 Å². The molecule has 4 aromatic carbocycles. The van der Waals surface area contributed by atoms with Gasteiger partial charge >= 0.3 is 0 Å². The summed E-state index contributed by atoms with van der Waals surface area (Å²) in [4.78, 5) is 76.7. The minimum Gasteiger partial charge on any atom is -0.496 e. The number of morpholine rings is 1. The quantitative estimate of drug-likeness (QED) is 0.0479. The van der Waals surface area contributed by atoms with Crippen LogP contribution in [0.25, 0.3) is 43.6 Å². The predicted molar refractivity (Wildman–Crippen MR) is 533 cm³/mol. The van der Waals surface area contributed by atoms with Gasteiger partial charge in [0.05, 0.1) is 107 Å². The van der Waals surface area contributed by atoms with Crippen LogP contribution in [0.4, 0.5) is 59.7 Å². The molecule has 32 heteroatoms. The van der Waals surface area contributed by atoms with Gasteiger partial charge in [-0.25, -0.2) is 73.0 Å². The molecule has 0 amide bonds. The van der Waals surface area contributed by atoms with Gasteiger partial charge in [0.15, 0.2) is 34.5 Å². The van der Waals surface area contributed by atoms with E-state index < -0.39 is 17.0 Å². The van der Waals surface area contributed by atoms with E-state index in [2.05, 4.69) is 137 Å². The highest BCUT2D eigenvalue weighted by Crippen LogP contribution is 2.53. The average molecular weight is 1880 g/mol. The zero-order valence-corrected chi connectivity index (χ0v) is 80.2. The van der Waals surface area contributed by atoms with E-state index >= 15 is 8.78 Å². The first-order valence-electron chi connectivity index (χ1n) is 49.8. The largest absolute Gasteiger partial charge is 0.496 e. The Bertz CT molecular complexity index is 6090. The summed E-state index contributed by atoms with van der Waals surface area (Å²) >= 11 is 0. The minimum atomic E-state index is -1.41. The smallest absolute Gasteiger partial charge is 0.170 e. The van der Waals surface area contributed by atoms with E-state index in [1.54, 1.807) is 47.0 Å². The molecule has 4 aliphatic carbocycles. The molecule has 7 saturated heterocycles. The molecule has 0 unspecified atom stereocenters. The lowest BCUT2D eigenvalue weighted by Gasteiger charge is -2.34. The molecule has 4 saturated carbocycles. The number of aromatic nitrogens is 12. The Labute approximate surface area is 804 Å². The van der Waals surface area contributed by atoms with E-state index in [0.29, 0.717) is 104 Å². The van der Waals surface area contributed by atoms with Crippen molar-refractivity contribution in [2.24, 2.45) is 0 Å². The van der Waals surface area contributed by atoms with E-state index in [4.69, 9.17) is 53.6 Å².